The van der Waals surface area contributed by atoms with Gasteiger partial charge in [0.2, 0.25) is 20.0 Å². The maximum absolute atomic E-state index is 14.5. The number of nitrogens with two attached hydrogens (primary N) is 1. The Morgan fingerprint density at radius 2 is 1.64 bits per heavy atom. The summed E-state index contributed by atoms with van der Waals surface area (Å²) in [5.74, 6) is -2.10. The van der Waals surface area contributed by atoms with Gasteiger partial charge >= 0.3 is 0 Å². The molecule has 3 aromatic carbocycles. The molecule has 3 aliphatic rings. The smallest absolute Gasteiger partial charge is 0.253 e. The Morgan fingerprint density at radius 1 is 0.956 bits per heavy atom. The number of hydrogen-bond acceptors (Lipinski definition) is 6. The van der Waals surface area contributed by atoms with Crippen molar-refractivity contribution in [3.8, 4) is 0 Å². The van der Waals surface area contributed by atoms with Gasteiger partial charge < -0.3 is 9.64 Å². The second-order valence-corrected chi connectivity index (χ2v) is 16.7. The first-order valence-corrected chi connectivity index (χ1v) is 18.5. The number of carbonyl (C=O) groups is 1. The summed E-state index contributed by atoms with van der Waals surface area (Å²) >= 11 is 12.6. The number of morpholine rings is 1. The number of halogens is 3. The van der Waals surface area contributed by atoms with E-state index in [1.165, 1.54) is 24.3 Å². The Bertz CT molecular complexity index is 1820. The molecule has 1 amide bonds. The normalized spacial score (nSPS) is 23.9. The van der Waals surface area contributed by atoms with Gasteiger partial charge in [0, 0.05) is 16.1 Å². The number of amides is 1. The Morgan fingerprint density at radius 3 is 2.24 bits per heavy atom. The topological polar surface area (TPSA) is 136 Å². The molecule has 0 unspecified atom stereocenters. The van der Waals surface area contributed by atoms with Gasteiger partial charge in [0.1, 0.15) is 11.9 Å². The van der Waals surface area contributed by atoms with Gasteiger partial charge in [0.25, 0.3) is 5.91 Å². The van der Waals surface area contributed by atoms with Crippen LogP contribution in [0.1, 0.15) is 55.4 Å². The minimum absolute atomic E-state index is 0.0434. The number of para-hydroxylation sites is 1. The summed E-state index contributed by atoms with van der Waals surface area (Å²) in [6.07, 6.45) is -0.106. The van der Waals surface area contributed by atoms with Gasteiger partial charge in [-0.2, -0.15) is 0 Å². The number of sulfonamides is 2. The summed E-state index contributed by atoms with van der Waals surface area (Å²) in [7, 11) is -8.25. The van der Waals surface area contributed by atoms with E-state index in [2.05, 4.69) is 4.72 Å². The van der Waals surface area contributed by atoms with Crippen molar-refractivity contribution >= 4 is 54.8 Å². The molecule has 14 heteroatoms. The second kappa shape index (κ2) is 12.1. The first-order valence-electron chi connectivity index (χ1n) is 14.5. The number of benzene rings is 3. The highest BCUT2D eigenvalue weighted by Gasteiger charge is 2.60. The van der Waals surface area contributed by atoms with Gasteiger partial charge in [-0.1, -0.05) is 59.6 Å². The zero-order chi connectivity index (χ0) is 32.1. The van der Waals surface area contributed by atoms with Crippen LogP contribution < -0.4 is 9.86 Å². The molecular formula is C31H32Cl2FN3O6S2. The highest BCUT2D eigenvalue weighted by Crippen LogP contribution is 2.55. The zero-order valence-corrected chi connectivity index (χ0v) is 27.1. The number of carbonyl (C=O) groups excluding carboxylic acids is 1. The van der Waals surface area contributed by atoms with E-state index in [-0.39, 0.29) is 18.0 Å². The molecule has 0 bridgehead atoms. The van der Waals surface area contributed by atoms with Gasteiger partial charge in [0.15, 0.2) is 6.10 Å². The van der Waals surface area contributed by atoms with E-state index in [1.807, 2.05) is 0 Å². The summed E-state index contributed by atoms with van der Waals surface area (Å²) in [5, 5.41) is 6.30. The van der Waals surface area contributed by atoms with Crippen LogP contribution in [0.25, 0.3) is 0 Å². The molecule has 3 aromatic rings. The van der Waals surface area contributed by atoms with Crippen molar-refractivity contribution in [2.24, 2.45) is 11.1 Å². The highest BCUT2D eigenvalue weighted by molar-refractivity contribution is 7.94. The third kappa shape index (κ3) is 6.86. The molecule has 0 spiro atoms. The van der Waals surface area contributed by atoms with Crippen molar-refractivity contribution < 1.29 is 30.8 Å². The molecule has 45 heavy (non-hydrogen) atoms. The van der Waals surface area contributed by atoms with Gasteiger partial charge in [-0.05, 0) is 85.5 Å². The number of anilines is 1. The lowest BCUT2D eigenvalue weighted by Gasteiger charge is -2.49. The molecule has 1 heterocycles. The third-order valence-corrected chi connectivity index (χ3v) is 12.3. The monoisotopic (exact) mass is 695 g/mol. The molecule has 0 aromatic heterocycles. The Balaban J connectivity index is 1.45. The molecule has 2 saturated carbocycles. The lowest BCUT2D eigenvalue weighted by atomic mass is 9.88. The lowest BCUT2D eigenvalue weighted by Crippen LogP contribution is -2.58. The predicted octanol–water partition coefficient (Wildman–Crippen LogP) is 5.57. The molecule has 4 atom stereocenters. The summed E-state index contributed by atoms with van der Waals surface area (Å²) in [6.45, 7) is 0. The second-order valence-electron chi connectivity index (χ2n) is 12.0. The summed E-state index contributed by atoms with van der Waals surface area (Å²) in [4.78, 5) is 16.0. The van der Waals surface area contributed by atoms with Crippen molar-refractivity contribution in [1.29, 1.82) is 0 Å². The first kappa shape index (κ1) is 32.2. The number of ether oxygens (including phenoxy) is 1. The van der Waals surface area contributed by atoms with E-state index >= 15 is 0 Å². The summed E-state index contributed by atoms with van der Waals surface area (Å²) < 4.78 is 74.2. The van der Waals surface area contributed by atoms with E-state index < -0.39 is 66.6 Å². The maximum atomic E-state index is 14.5. The highest BCUT2D eigenvalue weighted by atomic mass is 35.5. The standard InChI is InChI=1S/C31H32Cl2FN3O6S2/c32-22-12-10-20(11-13-22)28-29(21-4-3-5-23(33)16-21)43-27(18-44(35,39)40)30(38)37(28)26(19-8-9-19)17-31(14-15-31)45(41,42)36-25-7-2-1-6-24(25)34/h1-7,10-13,16,19,26-29,36H,8-9,14-15,17-18H2,(H2,35,39,40)/t26-,27+,28+,29-/m0/s1. The molecule has 9 nitrogen and oxygen atoms in total. The van der Waals surface area contributed by atoms with Crippen molar-refractivity contribution in [3.05, 3.63) is 99.8 Å². The minimum atomic E-state index is -4.15. The van der Waals surface area contributed by atoms with E-state index in [0.717, 1.165) is 12.8 Å². The van der Waals surface area contributed by atoms with Crippen molar-refractivity contribution in [2.45, 2.75) is 61.1 Å². The van der Waals surface area contributed by atoms with Crippen LogP contribution in [0.3, 0.4) is 0 Å². The van der Waals surface area contributed by atoms with Crippen molar-refractivity contribution in [1.82, 2.24) is 4.90 Å². The van der Waals surface area contributed by atoms with Gasteiger partial charge in [-0.25, -0.2) is 26.4 Å². The Hall–Kier alpha value is -2.74. The van der Waals surface area contributed by atoms with E-state index in [4.69, 9.17) is 33.1 Å². The van der Waals surface area contributed by atoms with E-state index in [9.17, 15) is 26.0 Å². The number of nitrogens with zero attached hydrogens (tertiary/aromatic N) is 1. The molecular weight excluding hydrogens is 664 g/mol. The van der Waals surface area contributed by atoms with Crippen LogP contribution in [0.5, 0.6) is 0 Å². The van der Waals surface area contributed by atoms with Crippen LogP contribution in [0.15, 0.2) is 72.8 Å². The maximum Gasteiger partial charge on any atom is 0.253 e. The van der Waals surface area contributed by atoms with Crippen LogP contribution >= 0.6 is 23.2 Å². The Kier molecular flexibility index (Phi) is 8.68. The SMILES string of the molecule is NS(=O)(=O)C[C@H]1O[C@@H](c2cccc(Cl)c2)[C@@H](c2ccc(Cl)cc2)N([C@@H](CC2(S(=O)(=O)Nc3ccccc3F)CC2)C2CC2)C1=O. The van der Waals surface area contributed by atoms with Crippen LogP contribution in [-0.2, 0) is 29.6 Å². The predicted molar refractivity (Wildman–Crippen MR) is 170 cm³/mol. The van der Waals surface area contributed by atoms with Crippen molar-refractivity contribution in [3.63, 3.8) is 0 Å². The van der Waals surface area contributed by atoms with E-state index in [1.54, 1.807) is 53.4 Å². The van der Waals surface area contributed by atoms with Gasteiger partial charge in [-0.15, -0.1) is 0 Å². The molecule has 3 fully saturated rings. The third-order valence-electron chi connectivity index (χ3n) is 8.80. The molecule has 1 saturated heterocycles. The average molecular weight is 697 g/mol. The average Bonchev–Trinajstić information content (AvgIpc) is 3.89. The van der Waals surface area contributed by atoms with Gasteiger partial charge in [-0.3, -0.25) is 9.52 Å². The molecule has 0 radical (unpaired) electrons. The summed E-state index contributed by atoms with van der Waals surface area (Å²) in [6, 6.07) is 17.9. The number of primary sulfonamides is 1. The molecule has 3 N–H and O–H groups in total. The number of rotatable bonds is 11. The van der Waals surface area contributed by atoms with Gasteiger partial charge in [0.05, 0.1) is 22.2 Å². The fourth-order valence-electron chi connectivity index (χ4n) is 6.26. The largest absolute Gasteiger partial charge is 0.357 e. The van der Waals surface area contributed by atoms with Crippen LogP contribution in [0, 0.1) is 11.7 Å². The molecule has 240 valence electrons. The minimum Gasteiger partial charge on any atom is -0.357 e. The first-order chi connectivity index (χ1) is 21.3. The quantitative estimate of drug-likeness (QED) is 0.269. The lowest BCUT2D eigenvalue weighted by molar-refractivity contribution is -0.177. The fourth-order valence-corrected chi connectivity index (χ4v) is 8.93. The molecule has 2 aliphatic carbocycles. The van der Waals surface area contributed by atoms with Crippen LogP contribution in [-0.4, -0.2) is 50.3 Å². The number of hydrogen-bond donors (Lipinski definition) is 2. The van der Waals surface area contributed by atoms with Crippen LogP contribution in [0.2, 0.25) is 10.0 Å². The fraction of sp³-hybridized carbons (Fsp3) is 0.387. The molecule has 1 aliphatic heterocycles. The Labute approximate surface area is 271 Å². The van der Waals surface area contributed by atoms with Crippen LogP contribution in [0.4, 0.5) is 10.1 Å². The molecule has 6 rings (SSSR count). The van der Waals surface area contributed by atoms with E-state index in [0.29, 0.717) is 34.0 Å². The van der Waals surface area contributed by atoms with Crippen molar-refractivity contribution in [2.75, 3.05) is 10.5 Å². The summed E-state index contributed by atoms with van der Waals surface area (Å²) in [5.41, 5.74) is 1.11. The number of nitrogens with one attached hydrogen (secondary N) is 1. The zero-order valence-electron chi connectivity index (χ0n) is 24.0.